The van der Waals surface area contributed by atoms with E-state index in [0.717, 1.165) is 12.1 Å². The van der Waals surface area contributed by atoms with Crippen LogP contribution in [0.2, 0.25) is 5.02 Å². The Morgan fingerprint density at radius 3 is 2.52 bits per heavy atom. The van der Waals surface area contributed by atoms with Crippen molar-refractivity contribution in [1.29, 1.82) is 0 Å². The monoisotopic (exact) mass is 309 g/mol. The summed E-state index contributed by atoms with van der Waals surface area (Å²) < 4.78 is 27.2. The molecule has 112 valence electrons. The Kier molecular flexibility index (Phi) is 5.71. The Hall–Kier alpha value is -1.45. The van der Waals surface area contributed by atoms with E-state index in [-0.39, 0.29) is 16.8 Å². The van der Waals surface area contributed by atoms with Gasteiger partial charge in [0.1, 0.15) is 11.6 Å². The summed E-state index contributed by atoms with van der Waals surface area (Å²) in [5, 5.41) is 3.35. The Bertz CT molecular complexity index is 601. The highest BCUT2D eigenvalue weighted by Crippen LogP contribution is 2.25. The molecule has 0 saturated carbocycles. The standard InChI is InChI=1S/C17H18ClF2N/c1-2-21-11-13(14-5-3-4-6-16(14)19)9-12-7-8-17(20)15(18)10-12/h3-8,10,13,21H,2,9,11H2,1H3. The maximum Gasteiger partial charge on any atom is 0.141 e. The van der Waals surface area contributed by atoms with Crippen LogP contribution in [0, 0.1) is 11.6 Å². The van der Waals surface area contributed by atoms with Gasteiger partial charge in [-0.2, -0.15) is 0 Å². The maximum atomic E-state index is 14.0. The molecular weight excluding hydrogens is 292 g/mol. The normalized spacial score (nSPS) is 12.4. The molecule has 0 fully saturated rings. The SMILES string of the molecule is CCNCC(Cc1ccc(F)c(Cl)c1)c1ccccc1F. The van der Waals surface area contributed by atoms with E-state index in [1.165, 1.54) is 12.1 Å². The van der Waals surface area contributed by atoms with E-state index in [2.05, 4.69) is 5.32 Å². The van der Waals surface area contributed by atoms with Gasteiger partial charge in [0, 0.05) is 12.5 Å². The Morgan fingerprint density at radius 1 is 1.10 bits per heavy atom. The molecule has 0 amide bonds. The van der Waals surface area contributed by atoms with E-state index in [9.17, 15) is 8.78 Å². The van der Waals surface area contributed by atoms with Crippen LogP contribution in [0.5, 0.6) is 0 Å². The minimum atomic E-state index is -0.436. The van der Waals surface area contributed by atoms with Gasteiger partial charge in [0.05, 0.1) is 5.02 Å². The van der Waals surface area contributed by atoms with Crippen LogP contribution in [0.25, 0.3) is 0 Å². The van der Waals surface area contributed by atoms with Crippen LogP contribution in [0.15, 0.2) is 42.5 Å². The Labute approximate surface area is 128 Å². The second kappa shape index (κ2) is 7.53. The average Bonchev–Trinajstić information content (AvgIpc) is 2.48. The lowest BCUT2D eigenvalue weighted by Gasteiger charge is -2.19. The Morgan fingerprint density at radius 2 is 1.86 bits per heavy atom. The zero-order valence-corrected chi connectivity index (χ0v) is 12.6. The summed E-state index contributed by atoms with van der Waals surface area (Å²) >= 11 is 5.81. The van der Waals surface area contributed by atoms with Crippen LogP contribution in [-0.2, 0) is 6.42 Å². The minimum Gasteiger partial charge on any atom is -0.316 e. The largest absolute Gasteiger partial charge is 0.316 e. The number of hydrogen-bond acceptors (Lipinski definition) is 1. The van der Waals surface area contributed by atoms with Crippen LogP contribution in [-0.4, -0.2) is 13.1 Å². The van der Waals surface area contributed by atoms with E-state index in [1.54, 1.807) is 24.3 Å². The van der Waals surface area contributed by atoms with Crippen molar-refractivity contribution in [3.05, 3.63) is 70.2 Å². The molecule has 1 nitrogen and oxygen atoms in total. The highest BCUT2D eigenvalue weighted by Gasteiger charge is 2.16. The smallest absolute Gasteiger partial charge is 0.141 e. The summed E-state index contributed by atoms with van der Waals surface area (Å²) in [6.07, 6.45) is 0.605. The first-order valence-electron chi connectivity index (χ1n) is 7.01. The average molecular weight is 310 g/mol. The zero-order chi connectivity index (χ0) is 15.2. The van der Waals surface area contributed by atoms with Crippen LogP contribution in [0.1, 0.15) is 24.0 Å². The topological polar surface area (TPSA) is 12.0 Å². The first-order chi connectivity index (χ1) is 10.1. The lowest BCUT2D eigenvalue weighted by molar-refractivity contribution is 0.544. The van der Waals surface area contributed by atoms with Gasteiger partial charge in [0.25, 0.3) is 0 Å². The molecule has 0 aliphatic rings. The highest BCUT2D eigenvalue weighted by molar-refractivity contribution is 6.30. The van der Waals surface area contributed by atoms with Crippen molar-refractivity contribution < 1.29 is 8.78 Å². The van der Waals surface area contributed by atoms with Crippen LogP contribution in [0.3, 0.4) is 0 Å². The second-order valence-electron chi connectivity index (χ2n) is 4.98. The number of halogens is 3. The van der Waals surface area contributed by atoms with Gasteiger partial charge in [-0.3, -0.25) is 0 Å². The van der Waals surface area contributed by atoms with E-state index in [4.69, 9.17) is 11.6 Å². The van der Waals surface area contributed by atoms with Gasteiger partial charge in [0.15, 0.2) is 0 Å². The fourth-order valence-corrected chi connectivity index (χ4v) is 2.57. The highest BCUT2D eigenvalue weighted by atomic mass is 35.5. The lowest BCUT2D eigenvalue weighted by Crippen LogP contribution is -2.23. The summed E-state index contributed by atoms with van der Waals surface area (Å²) in [5.41, 5.74) is 1.56. The van der Waals surface area contributed by atoms with E-state index in [1.807, 2.05) is 13.0 Å². The van der Waals surface area contributed by atoms with Gasteiger partial charge < -0.3 is 5.32 Å². The molecule has 21 heavy (non-hydrogen) atoms. The molecule has 2 rings (SSSR count). The van der Waals surface area contributed by atoms with Crippen molar-refractivity contribution in [3.63, 3.8) is 0 Å². The second-order valence-corrected chi connectivity index (χ2v) is 5.39. The molecule has 1 unspecified atom stereocenters. The van der Waals surface area contributed by atoms with Crippen molar-refractivity contribution in [2.24, 2.45) is 0 Å². The number of rotatable bonds is 6. The van der Waals surface area contributed by atoms with Crippen molar-refractivity contribution in [2.75, 3.05) is 13.1 Å². The van der Waals surface area contributed by atoms with Gasteiger partial charge >= 0.3 is 0 Å². The molecule has 0 bridgehead atoms. The number of hydrogen-bond donors (Lipinski definition) is 1. The van der Waals surface area contributed by atoms with Crippen molar-refractivity contribution in [1.82, 2.24) is 5.32 Å². The van der Waals surface area contributed by atoms with Crippen molar-refractivity contribution in [3.8, 4) is 0 Å². The first kappa shape index (κ1) is 15.9. The molecule has 2 aromatic rings. The third-order valence-corrected chi connectivity index (χ3v) is 3.74. The van der Waals surface area contributed by atoms with Crippen molar-refractivity contribution >= 4 is 11.6 Å². The summed E-state index contributed by atoms with van der Waals surface area (Å²) in [6, 6.07) is 11.4. The fraction of sp³-hybridized carbons (Fsp3) is 0.294. The molecule has 0 aliphatic heterocycles. The minimum absolute atomic E-state index is 0.0207. The van der Waals surface area contributed by atoms with E-state index in [0.29, 0.717) is 18.5 Å². The molecule has 0 radical (unpaired) electrons. The molecule has 0 spiro atoms. The molecular formula is C17H18ClF2N. The first-order valence-corrected chi connectivity index (χ1v) is 7.38. The van der Waals surface area contributed by atoms with Crippen LogP contribution in [0.4, 0.5) is 8.78 Å². The number of nitrogens with one attached hydrogen (secondary N) is 1. The Balaban J connectivity index is 2.24. The van der Waals surface area contributed by atoms with Gasteiger partial charge in [-0.1, -0.05) is 42.8 Å². The van der Waals surface area contributed by atoms with Gasteiger partial charge in [-0.25, -0.2) is 8.78 Å². The molecule has 0 heterocycles. The van der Waals surface area contributed by atoms with Crippen molar-refractivity contribution in [2.45, 2.75) is 19.3 Å². The zero-order valence-electron chi connectivity index (χ0n) is 11.9. The third kappa shape index (κ3) is 4.26. The maximum absolute atomic E-state index is 14.0. The third-order valence-electron chi connectivity index (χ3n) is 3.45. The van der Waals surface area contributed by atoms with E-state index < -0.39 is 5.82 Å². The molecule has 0 saturated heterocycles. The fourth-order valence-electron chi connectivity index (χ4n) is 2.37. The molecule has 4 heteroatoms. The summed E-state index contributed by atoms with van der Waals surface area (Å²) in [6.45, 7) is 3.48. The quantitative estimate of drug-likeness (QED) is 0.825. The molecule has 0 aliphatic carbocycles. The molecule has 2 aromatic carbocycles. The van der Waals surface area contributed by atoms with Gasteiger partial charge in [-0.05, 0) is 42.3 Å². The molecule has 0 aromatic heterocycles. The predicted molar refractivity (Wildman–Crippen MR) is 82.8 cm³/mol. The predicted octanol–water partition coefficient (Wildman–Crippen LogP) is 4.55. The lowest BCUT2D eigenvalue weighted by atomic mass is 9.91. The van der Waals surface area contributed by atoms with E-state index >= 15 is 0 Å². The molecule has 1 N–H and O–H groups in total. The number of likely N-dealkylation sites (N-methyl/N-ethyl adjacent to an activating group) is 1. The van der Waals surface area contributed by atoms with Gasteiger partial charge in [0.2, 0.25) is 0 Å². The summed E-state index contributed by atoms with van der Waals surface area (Å²) in [7, 11) is 0. The number of benzene rings is 2. The summed E-state index contributed by atoms with van der Waals surface area (Å²) in [5.74, 6) is -0.671. The summed E-state index contributed by atoms with van der Waals surface area (Å²) in [4.78, 5) is 0. The van der Waals surface area contributed by atoms with Crippen LogP contribution >= 0.6 is 11.6 Å². The van der Waals surface area contributed by atoms with Gasteiger partial charge in [-0.15, -0.1) is 0 Å². The molecule has 1 atom stereocenters. The van der Waals surface area contributed by atoms with Crippen LogP contribution < -0.4 is 5.32 Å².